The summed E-state index contributed by atoms with van der Waals surface area (Å²) in [4.78, 5) is 3.55. The van der Waals surface area contributed by atoms with E-state index >= 15 is 0 Å². The number of nitrogens with zero attached hydrogens (tertiary/aromatic N) is 1. The van der Waals surface area contributed by atoms with Crippen molar-refractivity contribution in [1.82, 2.24) is 4.90 Å². The van der Waals surface area contributed by atoms with Gasteiger partial charge >= 0.3 is 0 Å². The molecule has 0 bridgehead atoms. The van der Waals surface area contributed by atoms with Crippen molar-refractivity contribution >= 4 is 17.2 Å². The van der Waals surface area contributed by atoms with E-state index in [1.54, 1.807) is 17.4 Å². The van der Waals surface area contributed by atoms with Crippen LogP contribution in [0, 0.1) is 11.2 Å². The van der Waals surface area contributed by atoms with E-state index < -0.39 is 0 Å². The molecule has 112 valence electrons. The summed E-state index contributed by atoms with van der Waals surface area (Å²) >= 11 is 1.72. The molecule has 0 fully saturated rings. The van der Waals surface area contributed by atoms with Crippen LogP contribution in [0.4, 0.5) is 4.39 Å². The molecule has 0 saturated heterocycles. The molecule has 0 aliphatic heterocycles. The SMILES string of the molecule is CC(C)N(Cc1cc(F)cc(C(=N)N)c1)Cc1cccs1. The van der Waals surface area contributed by atoms with E-state index in [4.69, 9.17) is 11.1 Å². The van der Waals surface area contributed by atoms with Crippen molar-refractivity contribution in [2.75, 3.05) is 0 Å². The van der Waals surface area contributed by atoms with Crippen molar-refractivity contribution in [3.63, 3.8) is 0 Å². The van der Waals surface area contributed by atoms with Crippen molar-refractivity contribution in [1.29, 1.82) is 5.41 Å². The molecule has 0 unspecified atom stereocenters. The number of halogens is 1. The third-order valence-corrected chi connectivity index (χ3v) is 4.18. The minimum absolute atomic E-state index is 0.106. The maximum Gasteiger partial charge on any atom is 0.124 e. The lowest BCUT2D eigenvalue weighted by molar-refractivity contribution is 0.205. The van der Waals surface area contributed by atoms with Crippen LogP contribution in [0.25, 0.3) is 0 Å². The number of thiophene rings is 1. The van der Waals surface area contributed by atoms with Crippen LogP contribution in [0.1, 0.15) is 29.9 Å². The van der Waals surface area contributed by atoms with Gasteiger partial charge in [0, 0.05) is 29.6 Å². The molecule has 2 aromatic rings. The first kappa shape index (κ1) is 15.7. The molecule has 0 aliphatic rings. The fourth-order valence-electron chi connectivity index (χ4n) is 2.16. The minimum Gasteiger partial charge on any atom is -0.384 e. The molecule has 0 atom stereocenters. The zero-order chi connectivity index (χ0) is 15.4. The number of hydrogen-bond donors (Lipinski definition) is 2. The number of nitrogens with one attached hydrogen (secondary N) is 1. The normalized spacial score (nSPS) is 11.3. The molecule has 0 amide bonds. The minimum atomic E-state index is -0.350. The van der Waals surface area contributed by atoms with Gasteiger partial charge < -0.3 is 5.73 Å². The quantitative estimate of drug-likeness (QED) is 0.633. The van der Waals surface area contributed by atoms with Crippen molar-refractivity contribution in [3.8, 4) is 0 Å². The molecule has 3 nitrogen and oxygen atoms in total. The van der Waals surface area contributed by atoms with Crippen LogP contribution < -0.4 is 5.73 Å². The van der Waals surface area contributed by atoms with E-state index in [9.17, 15) is 4.39 Å². The first-order valence-corrected chi connectivity index (χ1v) is 7.74. The van der Waals surface area contributed by atoms with E-state index in [0.29, 0.717) is 18.2 Å². The van der Waals surface area contributed by atoms with Gasteiger partial charge in [-0.25, -0.2) is 4.39 Å². The first-order chi connectivity index (χ1) is 9.95. The number of amidine groups is 1. The van der Waals surface area contributed by atoms with Gasteiger partial charge in [-0.3, -0.25) is 10.3 Å². The molecule has 3 N–H and O–H groups in total. The third kappa shape index (κ3) is 4.37. The van der Waals surface area contributed by atoms with E-state index in [0.717, 1.165) is 12.1 Å². The van der Waals surface area contributed by atoms with Gasteiger partial charge in [0.1, 0.15) is 11.7 Å². The first-order valence-electron chi connectivity index (χ1n) is 6.86. The molecule has 1 aromatic heterocycles. The predicted octanol–water partition coefficient (Wildman–Crippen LogP) is 3.58. The smallest absolute Gasteiger partial charge is 0.124 e. The summed E-state index contributed by atoms with van der Waals surface area (Å²) in [7, 11) is 0. The Morgan fingerprint density at radius 1 is 1.33 bits per heavy atom. The highest BCUT2D eigenvalue weighted by Gasteiger charge is 2.13. The Labute approximate surface area is 128 Å². The van der Waals surface area contributed by atoms with Gasteiger partial charge in [-0.05, 0) is 49.1 Å². The van der Waals surface area contributed by atoms with Crippen molar-refractivity contribution in [2.24, 2.45) is 5.73 Å². The Balaban J connectivity index is 2.18. The van der Waals surface area contributed by atoms with Gasteiger partial charge in [0.25, 0.3) is 0 Å². The summed E-state index contributed by atoms with van der Waals surface area (Å²) in [6.45, 7) is 5.71. The molecule has 0 aliphatic carbocycles. The molecule has 1 aromatic carbocycles. The summed E-state index contributed by atoms with van der Waals surface area (Å²) < 4.78 is 13.6. The second kappa shape index (κ2) is 6.83. The lowest BCUT2D eigenvalue weighted by atomic mass is 10.1. The zero-order valence-electron chi connectivity index (χ0n) is 12.3. The second-order valence-electron chi connectivity index (χ2n) is 5.34. The average Bonchev–Trinajstić information content (AvgIpc) is 2.90. The fraction of sp³-hybridized carbons (Fsp3) is 0.312. The van der Waals surface area contributed by atoms with Gasteiger partial charge in [0.2, 0.25) is 0 Å². The molecule has 21 heavy (non-hydrogen) atoms. The number of nitrogen functional groups attached to an aromatic ring is 1. The fourth-order valence-corrected chi connectivity index (χ4v) is 2.88. The largest absolute Gasteiger partial charge is 0.384 e. The average molecular weight is 305 g/mol. The van der Waals surface area contributed by atoms with E-state index in [-0.39, 0.29) is 11.7 Å². The molecule has 5 heteroatoms. The van der Waals surface area contributed by atoms with Crippen LogP contribution in [-0.2, 0) is 13.1 Å². The van der Waals surface area contributed by atoms with Crippen LogP contribution in [0.5, 0.6) is 0 Å². The highest BCUT2D eigenvalue weighted by atomic mass is 32.1. The Morgan fingerprint density at radius 2 is 2.10 bits per heavy atom. The highest BCUT2D eigenvalue weighted by Crippen LogP contribution is 2.18. The van der Waals surface area contributed by atoms with E-state index in [1.807, 2.05) is 6.07 Å². The lowest BCUT2D eigenvalue weighted by Gasteiger charge is -2.26. The van der Waals surface area contributed by atoms with E-state index in [2.05, 4.69) is 30.2 Å². The highest BCUT2D eigenvalue weighted by molar-refractivity contribution is 7.09. The molecular formula is C16H20FN3S. The van der Waals surface area contributed by atoms with Crippen LogP contribution in [0.15, 0.2) is 35.7 Å². The molecule has 0 spiro atoms. The van der Waals surface area contributed by atoms with Gasteiger partial charge in [-0.15, -0.1) is 11.3 Å². The molecule has 2 rings (SSSR count). The predicted molar refractivity (Wildman–Crippen MR) is 86.1 cm³/mol. The maximum absolute atomic E-state index is 13.6. The maximum atomic E-state index is 13.6. The molecule has 0 saturated carbocycles. The molecular weight excluding hydrogens is 285 g/mol. The number of hydrogen-bond acceptors (Lipinski definition) is 3. The number of nitrogens with two attached hydrogens (primary N) is 1. The van der Waals surface area contributed by atoms with Crippen LogP contribution in [0.2, 0.25) is 0 Å². The van der Waals surface area contributed by atoms with Crippen molar-refractivity contribution in [3.05, 3.63) is 57.5 Å². The third-order valence-electron chi connectivity index (χ3n) is 3.32. The van der Waals surface area contributed by atoms with Crippen molar-refractivity contribution in [2.45, 2.75) is 33.0 Å². The molecule has 1 heterocycles. The lowest BCUT2D eigenvalue weighted by Crippen LogP contribution is -2.29. The van der Waals surface area contributed by atoms with Gasteiger partial charge in [-0.2, -0.15) is 0 Å². The summed E-state index contributed by atoms with van der Waals surface area (Å²) in [6, 6.07) is 9.08. The molecule has 0 radical (unpaired) electrons. The van der Waals surface area contributed by atoms with Crippen LogP contribution in [-0.4, -0.2) is 16.8 Å². The second-order valence-corrected chi connectivity index (χ2v) is 6.37. The summed E-state index contributed by atoms with van der Waals surface area (Å²) in [6.07, 6.45) is 0. The monoisotopic (exact) mass is 305 g/mol. The Bertz CT molecular complexity index is 608. The van der Waals surface area contributed by atoms with Gasteiger partial charge in [0.05, 0.1) is 0 Å². The van der Waals surface area contributed by atoms with Crippen LogP contribution >= 0.6 is 11.3 Å². The standard InChI is InChI=1S/C16H20FN3S/c1-11(2)20(10-15-4-3-5-21-15)9-12-6-13(16(18)19)8-14(17)7-12/h3-8,11H,9-10H2,1-2H3,(H3,18,19). The Hall–Kier alpha value is -1.72. The summed E-state index contributed by atoms with van der Waals surface area (Å²) in [5.41, 5.74) is 6.73. The van der Waals surface area contributed by atoms with E-state index in [1.165, 1.54) is 17.0 Å². The Kier molecular flexibility index (Phi) is 5.09. The Morgan fingerprint density at radius 3 is 2.67 bits per heavy atom. The summed E-state index contributed by atoms with van der Waals surface area (Å²) in [5.74, 6) is -0.456. The van der Waals surface area contributed by atoms with Gasteiger partial charge in [0.15, 0.2) is 0 Å². The summed E-state index contributed by atoms with van der Waals surface area (Å²) in [5, 5.41) is 9.51. The van der Waals surface area contributed by atoms with Gasteiger partial charge in [-0.1, -0.05) is 6.07 Å². The number of benzene rings is 1. The van der Waals surface area contributed by atoms with Crippen LogP contribution in [0.3, 0.4) is 0 Å². The zero-order valence-corrected chi connectivity index (χ0v) is 13.1. The number of rotatable bonds is 6. The van der Waals surface area contributed by atoms with Crippen molar-refractivity contribution < 1.29 is 4.39 Å². The topological polar surface area (TPSA) is 53.1 Å².